The minimum Gasteiger partial charge on any atom is -0.462 e. The molecule has 1 fully saturated rings. The van der Waals surface area contributed by atoms with E-state index in [0.717, 1.165) is 0 Å². The van der Waals surface area contributed by atoms with Gasteiger partial charge in [0.1, 0.15) is 0 Å². The second-order valence-corrected chi connectivity index (χ2v) is 3.80. The Balaban J connectivity index is 2.05. The van der Waals surface area contributed by atoms with Crippen LogP contribution in [0.25, 0.3) is 0 Å². The lowest BCUT2D eigenvalue weighted by Gasteiger charge is -2.11. The van der Waals surface area contributed by atoms with E-state index in [-0.39, 0.29) is 5.92 Å². The molecule has 0 aliphatic carbocycles. The van der Waals surface area contributed by atoms with E-state index in [2.05, 4.69) is 0 Å². The first-order chi connectivity index (χ1) is 7.68. The molecule has 0 radical (unpaired) electrons. The SMILES string of the molecule is C[C@H]1COC(=O)[C@@H]1OC(=O)c1ccccc1. The molecule has 1 aliphatic heterocycles. The van der Waals surface area contributed by atoms with Crippen LogP contribution in [0.2, 0.25) is 0 Å². The summed E-state index contributed by atoms with van der Waals surface area (Å²) < 4.78 is 9.91. The summed E-state index contributed by atoms with van der Waals surface area (Å²) in [5, 5.41) is 0. The van der Waals surface area contributed by atoms with Crippen LogP contribution in [0.1, 0.15) is 17.3 Å². The number of esters is 2. The molecule has 4 heteroatoms. The minimum atomic E-state index is -0.771. The van der Waals surface area contributed by atoms with Crippen LogP contribution in [0.15, 0.2) is 30.3 Å². The molecule has 1 aromatic rings. The lowest BCUT2D eigenvalue weighted by molar-refractivity contribution is -0.145. The lowest BCUT2D eigenvalue weighted by atomic mass is 10.1. The van der Waals surface area contributed by atoms with Crippen LogP contribution in [-0.2, 0) is 14.3 Å². The first-order valence-electron chi connectivity index (χ1n) is 5.11. The fraction of sp³-hybridized carbons (Fsp3) is 0.333. The highest BCUT2D eigenvalue weighted by Gasteiger charge is 2.37. The number of hydrogen-bond donors (Lipinski definition) is 0. The zero-order valence-electron chi connectivity index (χ0n) is 8.88. The van der Waals surface area contributed by atoms with E-state index in [1.807, 2.05) is 13.0 Å². The molecule has 1 heterocycles. The molecular weight excluding hydrogens is 208 g/mol. The van der Waals surface area contributed by atoms with Crippen molar-refractivity contribution in [1.29, 1.82) is 0 Å². The van der Waals surface area contributed by atoms with Gasteiger partial charge in [0.05, 0.1) is 12.2 Å². The molecule has 0 unspecified atom stereocenters. The Kier molecular flexibility index (Phi) is 2.90. The zero-order chi connectivity index (χ0) is 11.5. The Bertz CT molecular complexity index is 399. The van der Waals surface area contributed by atoms with Crippen molar-refractivity contribution in [2.45, 2.75) is 13.0 Å². The van der Waals surface area contributed by atoms with Gasteiger partial charge in [0, 0.05) is 5.92 Å². The van der Waals surface area contributed by atoms with Crippen molar-refractivity contribution < 1.29 is 19.1 Å². The molecule has 2 atom stereocenters. The number of hydrogen-bond acceptors (Lipinski definition) is 4. The molecule has 16 heavy (non-hydrogen) atoms. The van der Waals surface area contributed by atoms with Crippen molar-refractivity contribution >= 4 is 11.9 Å². The van der Waals surface area contributed by atoms with Gasteiger partial charge >= 0.3 is 11.9 Å². The second kappa shape index (κ2) is 4.35. The summed E-state index contributed by atoms with van der Waals surface area (Å²) in [7, 11) is 0. The van der Waals surface area contributed by atoms with Gasteiger partial charge in [0.2, 0.25) is 6.10 Å². The number of carbonyl (C=O) groups is 2. The summed E-state index contributed by atoms with van der Waals surface area (Å²) in [5.41, 5.74) is 0.439. The molecule has 4 nitrogen and oxygen atoms in total. The van der Waals surface area contributed by atoms with Crippen LogP contribution in [-0.4, -0.2) is 24.6 Å². The van der Waals surface area contributed by atoms with Gasteiger partial charge in [-0.2, -0.15) is 0 Å². The van der Waals surface area contributed by atoms with Crippen molar-refractivity contribution in [3.05, 3.63) is 35.9 Å². The van der Waals surface area contributed by atoms with Gasteiger partial charge in [-0.3, -0.25) is 0 Å². The topological polar surface area (TPSA) is 52.6 Å². The predicted octanol–water partition coefficient (Wildman–Crippen LogP) is 1.40. The number of carbonyl (C=O) groups excluding carboxylic acids is 2. The van der Waals surface area contributed by atoms with Gasteiger partial charge < -0.3 is 9.47 Å². The third kappa shape index (κ3) is 2.05. The van der Waals surface area contributed by atoms with E-state index in [4.69, 9.17) is 9.47 Å². The van der Waals surface area contributed by atoms with Gasteiger partial charge in [-0.15, -0.1) is 0 Å². The molecule has 0 aromatic heterocycles. The summed E-state index contributed by atoms with van der Waals surface area (Å²) >= 11 is 0. The minimum absolute atomic E-state index is 0.0832. The first-order valence-corrected chi connectivity index (χ1v) is 5.11. The van der Waals surface area contributed by atoms with Gasteiger partial charge in [-0.25, -0.2) is 9.59 Å². The average Bonchev–Trinajstić information content (AvgIpc) is 2.62. The van der Waals surface area contributed by atoms with E-state index < -0.39 is 18.0 Å². The Labute approximate surface area is 93.2 Å². The van der Waals surface area contributed by atoms with Gasteiger partial charge in [0.25, 0.3) is 0 Å². The highest BCUT2D eigenvalue weighted by atomic mass is 16.6. The first kappa shape index (κ1) is 10.7. The number of cyclic esters (lactones) is 1. The molecule has 1 saturated heterocycles. The molecule has 0 N–H and O–H groups in total. The summed E-state index contributed by atoms with van der Waals surface area (Å²) in [5.74, 6) is -1.03. The van der Waals surface area contributed by atoms with Gasteiger partial charge in [0.15, 0.2) is 0 Å². The van der Waals surface area contributed by atoms with Crippen LogP contribution >= 0.6 is 0 Å². The zero-order valence-corrected chi connectivity index (χ0v) is 8.88. The third-order valence-electron chi connectivity index (χ3n) is 2.48. The maximum absolute atomic E-state index is 11.7. The molecule has 0 bridgehead atoms. The van der Waals surface area contributed by atoms with Crippen LogP contribution in [0.4, 0.5) is 0 Å². The van der Waals surface area contributed by atoms with Gasteiger partial charge in [-0.05, 0) is 12.1 Å². The van der Waals surface area contributed by atoms with Crippen LogP contribution in [0.5, 0.6) is 0 Å². The maximum atomic E-state index is 11.7. The van der Waals surface area contributed by atoms with Crippen molar-refractivity contribution in [1.82, 2.24) is 0 Å². The molecule has 2 rings (SSSR count). The van der Waals surface area contributed by atoms with E-state index >= 15 is 0 Å². The largest absolute Gasteiger partial charge is 0.462 e. The normalized spacial score (nSPS) is 23.9. The fourth-order valence-corrected chi connectivity index (χ4v) is 1.54. The second-order valence-electron chi connectivity index (χ2n) is 3.80. The van der Waals surface area contributed by atoms with Gasteiger partial charge in [-0.1, -0.05) is 25.1 Å². The standard InChI is InChI=1S/C12H12O4/c1-8-7-15-12(14)10(8)16-11(13)9-5-3-2-4-6-9/h2-6,8,10H,7H2,1H3/t8-,10+/m0/s1. The monoisotopic (exact) mass is 220 g/mol. The third-order valence-corrected chi connectivity index (χ3v) is 2.48. The van der Waals surface area contributed by atoms with Crippen molar-refractivity contribution in [3.63, 3.8) is 0 Å². The predicted molar refractivity (Wildman–Crippen MR) is 55.8 cm³/mol. The average molecular weight is 220 g/mol. The van der Waals surface area contributed by atoms with Crippen LogP contribution in [0, 0.1) is 5.92 Å². The summed E-state index contributed by atoms with van der Waals surface area (Å²) in [6, 6.07) is 8.59. The van der Waals surface area contributed by atoms with E-state index in [0.29, 0.717) is 12.2 Å². The molecule has 0 saturated carbocycles. The fourth-order valence-electron chi connectivity index (χ4n) is 1.54. The van der Waals surface area contributed by atoms with Crippen molar-refractivity contribution in [3.8, 4) is 0 Å². The van der Waals surface area contributed by atoms with Crippen LogP contribution < -0.4 is 0 Å². The molecule has 1 aliphatic rings. The molecule has 0 amide bonds. The summed E-state index contributed by atoms with van der Waals surface area (Å²) in [4.78, 5) is 22.9. The summed E-state index contributed by atoms with van der Waals surface area (Å²) in [6.07, 6.45) is -0.771. The maximum Gasteiger partial charge on any atom is 0.347 e. The molecule has 0 spiro atoms. The quantitative estimate of drug-likeness (QED) is 0.707. The number of rotatable bonds is 2. The lowest BCUT2D eigenvalue weighted by Crippen LogP contribution is -2.27. The molecule has 84 valence electrons. The van der Waals surface area contributed by atoms with Crippen molar-refractivity contribution in [2.24, 2.45) is 5.92 Å². The highest BCUT2D eigenvalue weighted by molar-refractivity contribution is 5.91. The summed E-state index contributed by atoms with van der Waals surface area (Å²) in [6.45, 7) is 2.12. The number of benzene rings is 1. The van der Waals surface area contributed by atoms with E-state index in [1.165, 1.54) is 0 Å². The number of ether oxygens (including phenoxy) is 2. The highest BCUT2D eigenvalue weighted by Crippen LogP contribution is 2.19. The van der Waals surface area contributed by atoms with Crippen LogP contribution in [0.3, 0.4) is 0 Å². The Hall–Kier alpha value is -1.84. The smallest absolute Gasteiger partial charge is 0.347 e. The molecule has 1 aromatic carbocycles. The van der Waals surface area contributed by atoms with E-state index in [1.54, 1.807) is 24.3 Å². The Morgan fingerprint density at radius 2 is 2.06 bits per heavy atom. The Morgan fingerprint density at radius 3 is 2.62 bits per heavy atom. The van der Waals surface area contributed by atoms with E-state index in [9.17, 15) is 9.59 Å². The Morgan fingerprint density at radius 1 is 1.38 bits per heavy atom. The molecular formula is C12H12O4. The van der Waals surface area contributed by atoms with Crippen molar-refractivity contribution in [2.75, 3.05) is 6.61 Å².